The Kier molecular flexibility index (Phi) is 7.72. The number of carbonyl (C=O) groups excluding carboxylic acids is 1. The summed E-state index contributed by atoms with van der Waals surface area (Å²) in [7, 11) is 1.61. The van der Waals surface area contributed by atoms with Crippen molar-refractivity contribution in [3.63, 3.8) is 0 Å². The Hall–Kier alpha value is -4.14. The number of nitrogens with one attached hydrogen (secondary N) is 1. The minimum Gasteiger partial charge on any atom is -0.497 e. The third-order valence-corrected chi connectivity index (χ3v) is 7.28. The van der Waals surface area contributed by atoms with Gasteiger partial charge in [0.15, 0.2) is 11.0 Å². The normalized spacial score (nSPS) is 11.7. The van der Waals surface area contributed by atoms with E-state index in [2.05, 4.69) is 15.5 Å². The van der Waals surface area contributed by atoms with Crippen molar-refractivity contribution in [2.75, 3.05) is 12.4 Å². The van der Waals surface area contributed by atoms with Gasteiger partial charge in [-0.3, -0.25) is 9.36 Å². The zero-order valence-electron chi connectivity index (χ0n) is 20.2. The zero-order chi connectivity index (χ0) is 26.5. The average Bonchev–Trinajstić information content (AvgIpc) is 3.37. The number of carbonyl (C=O) groups is 1. The zero-order valence-corrected chi connectivity index (χ0v) is 21.8. The smallest absolute Gasteiger partial charge is 0.242 e. The second-order valence-electron chi connectivity index (χ2n) is 8.22. The van der Waals surface area contributed by atoms with Crippen LogP contribution in [0, 0.1) is 5.82 Å². The number of anilines is 1. The van der Waals surface area contributed by atoms with Crippen LogP contribution in [0.2, 0.25) is 5.02 Å². The Balaban J connectivity index is 1.58. The molecule has 0 aliphatic rings. The van der Waals surface area contributed by atoms with Crippen molar-refractivity contribution in [3.05, 3.63) is 120 Å². The van der Waals surface area contributed by atoms with Gasteiger partial charge in [0.1, 0.15) is 16.8 Å². The number of amides is 1. The Morgan fingerprint density at radius 2 is 1.61 bits per heavy atom. The quantitative estimate of drug-likeness (QED) is 0.209. The number of thioether (sulfide) groups is 1. The van der Waals surface area contributed by atoms with Gasteiger partial charge in [0.2, 0.25) is 5.91 Å². The number of hydrogen-bond acceptors (Lipinski definition) is 5. The number of aromatic nitrogens is 3. The molecule has 4 aromatic carbocycles. The van der Waals surface area contributed by atoms with E-state index in [1.54, 1.807) is 13.2 Å². The first-order chi connectivity index (χ1) is 18.5. The van der Waals surface area contributed by atoms with Gasteiger partial charge in [0.25, 0.3) is 0 Å². The molecule has 1 heterocycles. The molecular formula is C29H22ClFN4O2S. The maximum atomic E-state index is 13.5. The number of nitrogens with zero attached hydrogens (tertiary/aromatic N) is 3. The highest BCUT2D eigenvalue weighted by Crippen LogP contribution is 2.39. The van der Waals surface area contributed by atoms with Crippen LogP contribution >= 0.6 is 23.4 Å². The standard InChI is InChI=1S/C29H22ClFN4O2S/c1-37-23-17-15-22(16-18-23)35-27(24-9-5-6-10-25(24)30)33-34-29(35)38-26(19-7-3-2-4-8-19)28(36)32-21-13-11-20(31)12-14-21/h2-18,26H,1H3,(H,32,36)/t26-/m0/s1. The molecule has 0 saturated heterocycles. The van der Waals surface area contributed by atoms with Gasteiger partial charge < -0.3 is 10.1 Å². The van der Waals surface area contributed by atoms with Gasteiger partial charge in [-0.05, 0) is 66.2 Å². The molecule has 9 heteroatoms. The van der Waals surface area contributed by atoms with E-state index in [4.69, 9.17) is 16.3 Å². The number of hydrogen-bond donors (Lipinski definition) is 1. The molecule has 0 saturated carbocycles. The second kappa shape index (κ2) is 11.5. The summed E-state index contributed by atoms with van der Waals surface area (Å²) in [5.74, 6) is 0.582. The average molecular weight is 545 g/mol. The molecule has 1 atom stereocenters. The van der Waals surface area contributed by atoms with Crippen molar-refractivity contribution in [1.82, 2.24) is 14.8 Å². The minimum atomic E-state index is -0.679. The first-order valence-corrected chi connectivity index (χ1v) is 12.9. The highest BCUT2D eigenvalue weighted by atomic mass is 35.5. The van der Waals surface area contributed by atoms with E-state index in [1.165, 1.54) is 36.0 Å². The SMILES string of the molecule is COc1ccc(-n2c(S[C@H](C(=O)Nc3ccc(F)cc3)c3ccccc3)nnc2-c2ccccc2Cl)cc1. The van der Waals surface area contributed by atoms with E-state index in [9.17, 15) is 9.18 Å². The number of halogens is 2. The van der Waals surface area contributed by atoms with Crippen molar-refractivity contribution in [2.45, 2.75) is 10.4 Å². The molecule has 190 valence electrons. The fourth-order valence-electron chi connectivity index (χ4n) is 3.87. The van der Waals surface area contributed by atoms with Crippen LogP contribution < -0.4 is 10.1 Å². The van der Waals surface area contributed by atoms with Crippen LogP contribution in [0.4, 0.5) is 10.1 Å². The van der Waals surface area contributed by atoms with Gasteiger partial charge >= 0.3 is 0 Å². The van der Waals surface area contributed by atoms with E-state index in [0.717, 1.165) is 11.3 Å². The highest BCUT2D eigenvalue weighted by molar-refractivity contribution is 8.00. The lowest BCUT2D eigenvalue weighted by Crippen LogP contribution is -2.19. The van der Waals surface area contributed by atoms with Crippen molar-refractivity contribution >= 4 is 35.0 Å². The van der Waals surface area contributed by atoms with E-state index >= 15 is 0 Å². The number of methoxy groups -OCH3 is 1. The number of rotatable bonds is 8. The molecule has 0 radical (unpaired) electrons. The Morgan fingerprint density at radius 3 is 2.29 bits per heavy atom. The van der Waals surface area contributed by atoms with Crippen molar-refractivity contribution in [1.29, 1.82) is 0 Å². The van der Waals surface area contributed by atoms with Crippen LogP contribution in [0.5, 0.6) is 5.75 Å². The first kappa shape index (κ1) is 25.5. The third kappa shape index (κ3) is 5.56. The molecule has 0 unspecified atom stereocenters. The van der Waals surface area contributed by atoms with Crippen LogP contribution in [0.3, 0.4) is 0 Å². The number of ether oxygens (including phenoxy) is 1. The van der Waals surface area contributed by atoms with Gasteiger partial charge in [-0.1, -0.05) is 65.8 Å². The summed E-state index contributed by atoms with van der Waals surface area (Å²) in [5, 5.41) is 12.2. The molecule has 0 spiro atoms. The monoisotopic (exact) mass is 544 g/mol. The molecule has 0 aliphatic carbocycles. The lowest BCUT2D eigenvalue weighted by atomic mass is 10.1. The maximum absolute atomic E-state index is 13.5. The van der Waals surface area contributed by atoms with Crippen molar-refractivity contribution < 1.29 is 13.9 Å². The Bertz CT molecular complexity index is 1540. The summed E-state index contributed by atoms with van der Waals surface area (Å²) in [4.78, 5) is 13.5. The van der Waals surface area contributed by atoms with Crippen LogP contribution in [-0.4, -0.2) is 27.8 Å². The first-order valence-electron chi connectivity index (χ1n) is 11.7. The molecule has 5 aromatic rings. The van der Waals surface area contributed by atoms with Crippen LogP contribution in [0.1, 0.15) is 10.8 Å². The van der Waals surface area contributed by atoms with Gasteiger partial charge in [-0.2, -0.15) is 0 Å². The summed E-state index contributed by atoms with van der Waals surface area (Å²) < 4.78 is 20.6. The largest absolute Gasteiger partial charge is 0.497 e. The molecule has 1 aromatic heterocycles. The predicted octanol–water partition coefficient (Wildman–Crippen LogP) is 7.21. The molecule has 38 heavy (non-hydrogen) atoms. The molecule has 0 bridgehead atoms. The second-order valence-corrected chi connectivity index (χ2v) is 9.70. The van der Waals surface area contributed by atoms with E-state index < -0.39 is 5.25 Å². The lowest BCUT2D eigenvalue weighted by molar-refractivity contribution is -0.115. The molecule has 0 aliphatic heterocycles. The molecule has 5 rings (SSSR count). The van der Waals surface area contributed by atoms with Crippen molar-refractivity contribution in [3.8, 4) is 22.8 Å². The fourth-order valence-corrected chi connectivity index (χ4v) is 5.15. The van der Waals surface area contributed by atoms with Crippen LogP contribution in [0.15, 0.2) is 108 Å². The van der Waals surface area contributed by atoms with E-state index in [-0.39, 0.29) is 11.7 Å². The summed E-state index contributed by atoms with van der Waals surface area (Å²) in [5.41, 5.74) is 2.75. The van der Waals surface area contributed by atoms with Gasteiger partial charge in [0.05, 0.1) is 12.1 Å². The topological polar surface area (TPSA) is 69.0 Å². The predicted molar refractivity (Wildman–Crippen MR) is 148 cm³/mol. The Labute approximate surface area is 228 Å². The molecule has 1 N–H and O–H groups in total. The number of benzene rings is 4. The Morgan fingerprint density at radius 1 is 0.921 bits per heavy atom. The molecule has 1 amide bonds. The van der Waals surface area contributed by atoms with Gasteiger partial charge in [-0.25, -0.2) is 4.39 Å². The lowest BCUT2D eigenvalue weighted by Gasteiger charge is -2.18. The summed E-state index contributed by atoms with van der Waals surface area (Å²) in [6.45, 7) is 0. The minimum absolute atomic E-state index is 0.281. The van der Waals surface area contributed by atoms with Crippen LogP contribution in [-0.2, 0) is 4.79 Å². The third-order valence-electron chi connectivity index (χ3n) is 5.75. The maximum Gasteiger partial charge on any atom is 0.242 e. The fraction of sp³-hybridized carbons (Fsp3) is 0.0690. The summed E-state index contributed by atoms with van der Waals surface area (Å²) in [6, 6.07) is 29.9. The summed E-state index contributed by atoms with van der Waals surface area (Å²) in [6.07, 6.45) is 0. The molecule has 0 fully saturated rings. The molecule has 6 nitrogen and oxygen atoms in total. The van der Waals surface area contributed by atoms with E-state index in [1.807, 2.05) is 77.4 Å². The highest BCUT2D eigenvalue weighted by Gasteiger charge is 2.27. The van der Waals surface area contributed by atoms with Crippen molar-refractivity contribution in [2.24, 2.45) is 0 Å². The summed E-state index contributed by atoms with van der Waals surface area (Å²) >= 11 is 7.78. The van der Waals surface area contributed by atoms with Gasteiger partial charge in [0, 0.05) is 16.9 Å². The van der Waals surface area contributed by atoms with E-state index in [0.29, 0.717) is 33.0 Å². The molecular weight excluding hydrogens is 523 g/mol. The van der Waals surface area contributed by atoms with Gasteiger partial charge in [-0.15, -0.1) is 10.2 Å². The van der Waals surface area contributed by atoms with Crippen LogP contribution in [0.25, 0.3) is 17.1 Å².